The van der Waals surface area contributed by atoms with Gasteiger partial charge >= 0.3 is 5.97 Å². The molecule has 2 aliphatic heterocycles. The minimum absolute atomic E-state index is 0.139. The minimum atomic E-state index is -0.627. The molecule has 3 unspecified atom stereocenters. The molecule has 86 valence electrons. The molecule has 0 saturated carbocycles. The lowest BCUT2D eigenvalue weighted by Gasteiger charge is -2.36. The molecule has 0 aromatic heterocycles. The number of nitrogens with one attached hydrogen (secondary N) is 2. The number of carboxylic acids is 1. The highest BCUT2D eigenvalue weighted by Crippen LogP contribution is 2.22. The van der Waals surface area contributed by atoms with E-state index in [1.54, 1.807) is 0 Å². The van der Waals surface area contributed by atoms with Crippen molar-refractivity contribution in [1.82, 2.24) is 10.6 Å². The third kappa shape index (κ3) is 2.69. The van der Waals surface area contributed by atoms with Crippen LogP contribution >= 0.6 is 0 Å². The zero-order chi connectivity index (χ0) is 10.7. The van der Waals surface area contributed by atoms with E-state index in [1.807, 2.05) is 0 Å². The van der Waals surface area contributed by atoms with Crippen molar-refractivity contribution in [3.63, 3.8) is 0 Å². The van der Waals surface area contributed by atoms with E-state index in [1.165, 1.54) is 19.3 Å². The number of rotatable bonds is 2. The van der Waals surface area contributed by atoms with Crippen molar-refractivity contribution in [3.8, 4) is 0 Å². The van der Waals surface area contributed by atoms with Gasteiger partial charge in [0, 0.05) is 12.1 Å². The average Bonchev–Trinajstić information content (AvgIpc) is 2.30. The summed E-state index contributed by atoms with van der Waals surface area (Å²) in [4.78, 5) is 10.9. The van der Waals surface area contributed by atoms with Crippen LogP contribution in [0.25, 0.3) is 0 Å². The number of piperidine rings is 2. The topological polar surface area (TPSA) is 61.4 Å². The standard InChI is InChI=1S/C11H20N2O2/c14-11(15)8-4-6-13-10(7-8)9-3-1-2-5-12-9/h8-10,12-13H,1-7H2,(H,14,15). The van der Waals surface area contributed by atoms with Crippen molar-refractivity contribution < 1.29 is 9.90 Å². The normalized spacial score (nSPS) is 37.5. The summed E-state index contributed by atoms with van der Waals surface area (Å²) in [5, 5.41) is 15.9. The summed E-state index contributed by atoms with van der Waals surface area (Å²) < 4.78 is 0. The monoisotopic (exact) mass is 212 g/mol. The fraction of sp³-hybridized carbons (Fsp3) is 0.909. The van der Waals surface area contributed by atoms with Gasteiger partial charge in [-0.3, -0.25) is 4.79 Å². The molecule has 3 atom stereocenters. The Hall–Kier alpha value is -0.610. The molecule has 2 heterocycles. The molecule has 2 saturated heterocycles. The lowest BCUT2D eigenvalue weighted by Crippen LogP contribution is -2.54. The Balaban J connectivity index is 1.88. The molecule has 2 fully saturated rings. The van der Waals surface area contributed by atoms with Crippen LogP contribution in [0.1, 0.15) is 32.1 Å². The molecular weight excluding hydrogens is 192 g/mol. The highest BCUT2D eigenvalue weighted by Gasteiger charge is 2.31. The van der Waals surface area contributed by atoms with Crippen molar-refractivity contribution in [2.45, 2.75) is 44.2 Å². The fourth-order valence-corrected chi connectivity index (χ4v) is 2.70. The minimum Gasteiger partial charge on any atom is -0.481 e. The summed E-state index contributed by atoms with van der Waals surface area (Å²) >= 11 is 0. The number of hydrogen-bond donors (Lipinski definition) is 3. The predicted octanol–water partition coefficient (Wildman–Crippen LogP) is 0.581. The summed E-state index contributed by atoms with van der Waals surface area (Å²) in [5.74, 6) is -0.766. The molecule has 15 heavy (non-hydrogen) atoms. The largest absolute Gasteiger partial charge is 0.481 e. The maximum absolute atomic E-state index is 10.9. The van der Waals surface area contributed by atoms with E-state index in [2.05, 4.69) is 10.6 Å². The maximum Gasteiger partial charge on any atom is 0.306 e. The molecular formula is C11H20N2O2. The van der Waals surface area contributed by atoms with Crippen LogP contribution in [0.15, 0.2) is 0 Å². The van der Waals surface area contributed by atoms with E-state index in [4.69, 9.17) is 5.11 Å². The van der Waals surface area contributed by atoms with Gasteiger partial charge in [-0.15, -0.1) is 0 Å². The Morgan fingerprint density at radius 1 is 1.07 bits per heavy atom. The van der Waals surface area contributed by atoms with Crippen molar-refractivity contribution in [2.75, 3.05) is 13.1 Å². The second-order valence-corrected chi connectivity index (χ2v) is 4.68. The first-order valence-corrected chi connectivity index (χ1v) is 5.97. The SMILES string of the molecule is O=C(O)C1CCNC(C2CCCCN2)C1. The number of carboxylic acid groups (broad SMARTS) is 1. The van der Waals surface area contributed by atoms with Gasteiger partial charge in [-0.1, -0.05) is 6.42 Å². The van der Waals surface area contributed by atoms with Crippen molar-refractivity contribution in [3.05, 3.63) is 0 Å². The summed E-state index contributed by atoms with van der Waals surface area (Å²) in [6, 6.07) is 0.848. The first-order chi connectivity index (χ1) is 7.27. The van der Waals surface area contributed by atoms with Gasteiger partial charge in [0.1, 0.15) is 0 Å². The lowest BCUT2D eigenvalue weighted by molar-refractivity contribution is -0.143. The highest BCUT2D eigenvalue weighted by molar-refractivity contribution is 5.70. The highest BCUT2D eigenvalue weighted by atomic mass is 16.4. The van der Waals surface area contributed by atoms with Crippen LogP contribution in [0, 0.1) is 5.92 Å². The van der Waals surface area contributed by atoms with Gasteiger partial charge in [0.05, 0.1) is 5.92 Å². The number of carbonyl (C=O) groups is 1. The van der Waals surface area contributed by atoms with Gasteiger partial charge in [-0.05, 0) is 38.8 Å². The van der Waals surface area contributed by atoms with Crippen LogP contribution in [-0.4, -0.2) is 36.2 Å². The Labute approximate surface area is 90.4 Å². The molecule has 0 aromatic carbocycles. The van der Waals surface area contributed by atoms with Crippen LogP contribution in [0.4, 0.5) is 0 Å². The summed E-state index contributed by atoms with van der Waals surface area (Å²) in [7, 11) is 0. The van der Waals surface area contributed by atoms with Gasteiger partial charge in [0.15, 0.2) is 0 Å². The molecule has 0 spiro atoms. The van der Waals surface area contributed by atoms with Gasteiger partial charge in [-0.2, -0.15) is 0 Å². The third-order valence-corrected chi connectivity index (χ3v) is 3.62. The summed E-state index contributed by atoms with van der Waals surface area (Å²) in [6.45, 7) is 1.93. The fourth-order valence-electron chi connectivity index (χ4n) is 2.70. The predicted molar refractivity (Wildman–Crippen MR) is 57.8 cm³/mol. The third-order valence-electron chi connectivity index (χ3n) is 3.62. The van der Waals surface area contributed by atoms with E-state index in [-0.39, 0.29) is 5.92 Å². The van der Waals surface area contributed by atoms with E-state index in [0.717, 1.165) is 25.9 Å². The molecule has 2 aliphatic rings. The van der Waals surface area contributed by atoms with Gasteiger partial charge < -0.3 is 15.7 Å². The molecule has 0 bridgehead atoms. The van der Waals surface area contributed by atoms with E-state index in [9.17, 15) is 4.79 Å². The zero-order valence-electron chi connectivity index (χ0n) is 9.04. The van der Waals surface area contributed by atoms with Crippen molar-refractivity contribution in [1.29, 1.82) is 0 Å². The Morgan fingerprint density at radius 3 is 2.53 bits per heavy atom. The molecule has 0 radical (unpaired) electrons. The van der Waals surface area contributed by atoms with Crippen LogP contribution in [0.5, 0.6) is 0 Å². The Kier molecular flexibility index (Phi) is 3.59. The number of hydrogen-bond acceptors (Lipinski definition) is 3. The molecule has 4 nitrogen and oxygen atoms in total. The second kappa shape index (κ2) is 4.94. The number of aliphatic carboxylic acids is 1. The Morgan fingerprint density at radius 2 is 1.87 bits per heavy atom. The van der Waals surface area contributed by atoms with Gasteiger partial charge in [0.25, 0.3) is 0 Å². The van der Waals surface area contributed by atoms with Crippen LogP contribution < -0.4 is 10.6 Å². The molecule has 2 rings (SSSR count). The van der Waals surface area contributed by atoms with Gasteiger partial charge in [-0.25, -0.2) is 0 Å². The molecule has 0 aliphatic carbocycles. The van der Waals surface area contributed by atoms with Crippen molar-refractivity contribution >= 4 is 5.97 Å². The molecule has 4 heteroatoms. The lowest BCUT2D eigenvalue weighted by atomic mass is 9.86. The summed E-state index contributed by atoms with van der Waals surface area (Å²) in [5.41, 5.74) is 0. The van der Waals surface area contributed by atoms with Crippen LogP contribution in [-0.2, 0) is 4.79 Å². The average molecular weight is 212 g/mol. The molecule has 0 aromatic rings. The second-order valence-electron chi connectivity index (χ2n) is 4.68. The zero-order valence-corrected chi connectivity index (χ0v) is 9.04. The van der Waals surface area contributed by atoms with E-state index < -0.39 is 5.97 Å². The van der Waals surface area contributed by atoms with E-state index >= 15 is 0 Å². The first kappa shape index (κ1) is 10.9. The van der Waals surface area contributed by atoms with Gasteiger partial charge in [0.2, 0.25) is 0 Å². The smallest absolute Gasteiger partial charge is 0.306 e. The van der Waals surface area contributed by atoms with Crippen LogP contribution in [0.3, 0.4) is 0 Å². The maximum atomic E-state index is 10.9. The van der Waals surface area contributed by atoms with Crippen molar-refractivity contribution in [2.24, 2.45) is 5.92 Å². The van der Waals surface area contributed by atoms with E-state index in [0.29, 0.717) is 12.1 Å². The first-order valence-electron chi connectivity index (χ1n) is 5.97. The Bertz CT molecular complexity index is 227. The van der Waals surface area contributed by atoms with Crippen LogP contribution in [0.2, 0.25) is 0 Å². The quantitative estimate of drug-likeness (QED) is 0.626. The molecule has 3 N–H and O–H groups in total. The summed E-state index contributed by atoms with van der Waals surface area (Å²) in [6.07, 6.45) is 5.27. The molecule has 0 amide bonds.